The zero-order chi connectivity index (χ0) is 14.5. The third-order valence-corrected chi connectivity index (χ3v) is 3.84. The Kier molecular flexibility index (Phi) is 5.13. The number of hydrogen-bond acceptors (Lipinski definition) is 3. The summed E-state index contributed by atoms with van der Waals surface area (Å²) in [6.45, 7) is 3.56. The minimum atomic E-state index is -0.322. The fraction of sp³-hybridized carbons (Fsp3) is 0.500. The molecule has 1 aliphatic heterocycles. The molecule has 1 aromatic carbocycles. The Balaban J connectivity index is 2.15. The second-order valence-corrected chi connectivity index (χ2v) is 5.29. The van der Waals surface area contributed by atoms with Gasteiger partial charge < -0.3 is 10.2 Å². The van der Waals surface area contributed by atoms with Crippen molar-refractivity contribution in [2.75, 3.05) is 19.8 Å². The van der Waals surface area contributed by atoms with Gasteiger partial charge in [-0.25, -0.2) is 4.39 Å². The van der Waals surface area contributed by atoms with E-state index < -0.39 is 0 Å². The first kappa shape index (κ1) is 15.0. The highest BCUT2D eigenvalue weighted by Crippen LogP contribution is 2.25. The van der Waals surface area contributed by atoms with Crippen LogP contribution in [0.1, 0.15) is 24.5 Å². The van der Waals surface area contributed by atoms with Crippen LogP contribution in [0.3, 0.4) is 0 Å². The number of nitrogens with zero attached hydrogens (tertiary/aromatic N) is 1. The van der Waals surface area contributed by atoms with Gasteiger partial charge in [0.2, 0.25) is 0 Å². The maximum atomic E-state index is 13.6. The van der Waals surface area contributed by atoms with Crippen LogP contribution in [0.5, 0.6) is 0 Å². The van der Waals surface area contributed by atoms with Gasteiger partial charge in [0.25, 0.3) is 0 Å². The molecule has 1 aliphatic rings. The van der Waals surface area contributed by atoms with Crippen LogP contribution in [-0.4, -0.2) is 40.9 Å². The van der Waals surface area contributed by atoms with E-state index in [2.05, 4.69) is 23.7 Å². The zero-order valence-electron chi connectivity index (χ0n) is 11.6. The van der Waals surface area contributed by atoms with E-state index in [0.29, 0.717) is 18.0 Å². The molecule has 1 fully saturated rings. The van der Waals surface area contributed by atoms with Crippen molar-refractivity contribution in [3.05, 3.63) is 35.1 Å². The van der Waals surface area contributed by atoms with E-state index in [1.807, 2.05) is 6.07 Å². The number of halogens is 1. The molecule has 0 aromatic heterocycles. The Morgan fingerprint density at radius 3 is 2.85 bits per heavy atom. The van der Waals surface area contributed by atoms with Crippen LogP contribution < -0.4 is 0 Å². The van der Waals surface area contributed by atoms with Crippen molar-refractivity contribution in [3.63, 3.8) is 0 Å². The summed E-state index contributed by atoms with van der Waals surface area (Å²) in [7, 11) is 0. The number of aliphatic hydroxyl groups excluding tert-OH is 2. The van der Waals surface area contributed by atoms with E-state index >= 15 is 0 Å². The lowest BCUT2D eigenvalue weighted by atomic mass is 10.0. The van der Waals surface area contributed by atoms with Gasteiger partial charge in [0.15, 0.2) is 0 Å². The van der Waals surface area contributed by atoms with Crippen LogP contribution in [0.15, 0.2) is 18.2 Å². The van der Waals surface area contributed by atoms with Gasteiger partial charge in [0, 0.05) is 18.2 Å². The normalized spacial score (nSPS) is 22.6. The number of aliphatic hydroxyl groups is 2. The molecule has 1 aromatic rings. The fourth-order valence-corrected chi connectivity index (χ4v) is 2.77. The predicted octanol–water partition coefficient (Wildman–Crippen LogP) is 1.37. The SMILES string of the molecule is CC1CCN(Cc2cc(F)cc(C#CCO)c2)C1CO. The van der Waals surface area contributed by atoms with Crippen LogP contribution >= 0.6 is 0 Å². The summed E-state index contributed by atoms with van der Waals surface area (Å²) in [5, 5.41) is 18.1. The van der Waals surface area contributed by atoms with Gasteiger partial charge >= 0.3 is 0 Å². The van der Waals surface area contributed by atoms with E-state index in [1.54, 1.807) is 0 Å². The Labute approximate surface area is 119 Å². The van der Waals surface area contributed by atoms with Gasteiger partial charge in [-0.05, 0) is 42.6 Å². The van der Waals surface area contributed by atoms with Gasteiger partial charge in [-0.3, -0.25) is 4.90 Å². The van der Waals surface area contributed by atoms with E-state index in [-0.39, 0.29) is 25.1 Å². The van der Waals surface area contributed by atoms with Crippen molar-refractivity contribution >= 4 is 0 Å². The lowest BCUT2D eigenvalue weighted by molar-refractivity contribution is 0.134. The van der Waals surface area contributed by atoms with Gasteiger partial charge in [0.05, 0.1) is 6.61 Å². The lowest BCUT2D eigenvalue weighted by Gasteiger charge is -2.25. The molecule has 0 bridgehead atoms. The maximum absolute atomic E-state index is 13.6. The first-order valence-electron chi connectivity index (χ1n) is 6.88. The average molecular weight is 277 g/mol. The average Bonchev–Trinajstić information content (AvgIpc) is 2.76. The van der Waals surface area contributed by atoms with E-state index in [4.69, 9.17) is 5.11 Å². The molecule has 0 aliphatic carbocycles. The summed E-state index contributed by atoms with van der Waals surface area (Å²) < 4.78 is 13.6. The molecule has 0 spiro atoms. The van der Waals surface area contributed by atoms with E-state index in [1.165, 1.54) is 12.1 Å². The highest BCUT2D eigenvalue weighted by molar-refractivity contribution is 5.37. The zero-order valence-corrected chi connectivity index (χ0v) is 11.6. The molecule has 3 nitrogen and oxygen atoms in total. The third-order valence-electron chi connectivity index (χ3n) is 3.84. The molecule has 108 valence electrons. The molecule has 2 rings (SSSR count). The highest BCUT2D eigenvalue weighted by atomic mass is 19.1. The standard InChI is InChI=1S/C16H20FNO2/c1-12-4-5-18(16(12)11-20)10-14-7-13(3-2-6-19)8-15(17)9-14/h7-9,12,16,19-20H,4-6,10-11H2,1H3. The largest absolute Gasteiger partial charge is 0.395 e. The fourth-order valence-electron chi connectivity index (χ4n) is 2.77. The molecular formula is C16H20FNO2. The Hall–Kier alpha value is -1.41. The summed E-state index contributed by atoms with van der Waals surface area (Å²) in [6.07, 6.45) is 1.05. The number of hydrogen-bond donors (Lipinski definition) is 2. The Morgan fingerprint density at radius 1 is 1.35 bits per heavy atom. The first-order chi connectivity index (χ1) is 9.63. The minimum Gasteiger partial charge on any atom is -0.395 e. The van der Waals surface area contributed by atoms with Crippen molar-refractivity contribution in [3.8, 4) is 11.8 Å². The van der Waals surface area contributed by atoms with Crippen molar-refractivity contribution in [1.29, 1.82) is 0 Å². The molecule has 20 heavy (non-hydrogen) atoms. The van der Waals surface area contributed by atoms with E-state index in [0.717, 1.165) is 18.5 Å². The molecule has 0 radical (unpaired) electrons. The summed E-state index contributed by atoms with van der Waals surface area (Å²) in [4.78, 5) is 2.18. The predicted molar refractivity (Wildman–Crippen MR) is 75.4 cm³/mol. The molecule has 2 unspecified atom stereocenters. The van der Waals surface area contributed by atoms with Gasteiger partial charge in [-0.2, -0.15) is 0 Å². The summed E-state index contributed by atoms with van der Waals surface area (Å²) in [5.74, 6) is 5.39. The third kappa shape index (κ3) is 3.57. The molecule has 1 saturated heterocycles. The molecule has 0 saturated carbocycles. The first-order valence-corrected chi connectivity index (χ1v) is 6.88. The van der Waals surface area contributed by atoms with Crippen LogP contribution in [0.4, 0.5) is 4.39 Å². The van der Waals surface area contributed by atoms with Crippen LogP contribution in [0.25, 0.3) is 0 Å². The lowest BCUT2D eigenvalue weighted by Crippen LogP contribution is -2.34. The van der Waals surface area contributed by atoms with Gasteiger partial charge in [-0.1, -0.05) is 18.8 Å². The number of likely N-dealkylation sites (tertiary alicyclic amines) is 1. The Bertz CT molecular complexity index is 521. The Morgan fingerprint density at radius 2 is 2.15 bits per heavy atom. The number of rotatable bonds is 3. The topological polar surface area (TPSA) is 43.7 Å². The maximum Gasteiger partial charge on any atom is 0.124 e. The van der Waals surface area contributed by atoms with Gasteiger partial charge in [0.1, 0.15) is 12.4 Å². The van der Waals surface area contributed by atoms with Crippen molar-refractivity contribution in [1.82, 2.24) is 4.90 Å². The summed E-state index contributed by atoms with van der Waals surface area (Å²) in [6, 6.07) is 4.85. The molecule has 0 amide bonds. The monoisotopic (exact) mass is 277 g/mol. The van der Waals surface area contributed by atoms with Crippen LogP contribution in [-0.2, 0) is 6.54 Å². The second kappa shape index (κ2) is 6.85. The quantitative estimate of drug-likeness (QED) is 0.820. The van der Waals surface area contributed by atoms with Crippen LogP contribution in [0, 0.1) is 23.6 Å². The highest BCUT2D eigenvalue weighted by Gasteiger charge is 2.30. The number of benzene rings is 1. The van der Waals surface area contributed by atoms with Crippen molar-refractivity contribution in [2.24, 2.45) is 5.92 Å². The summed E-state index contributed by atoms with van der Waals surface area (Å²) in [5.41, 5.74) is 1.42. The van der Waals surface area contributed by atoms with Crippen molar-refractivity contribution < 1.29 is 14.6 Å². The van der Waals surface area contributed by atoms with E-state index in [9.17, 15) is 9.50 Å². The minimum absolute atomic E-state index is 0.133. The molecular weight excluding hydrogens is 257 g/mol. The smallest absolute Gasteiger partial charge is 0.124 e. The van der Waals surface area contributed by atoms with Gasteiger partial charge in [-0.15, -0.1) is 0 Å². The molecule has 2 N–H and O–H groups in total. The van der Waals surface area contributed by atoms with Crippen LogP contribution in [0.2, 0.25) is 0 Å². The van der Waals surface area contributed by atoms with Crippen molar-refractivity contribution in [2.45, 2.75) is 25.9 Å². The molecule has 4 heteroatoms. The second-order valence-electron chi connectivity index (χ2n) is 5.29. The molecule has 2 atom stereocenters. The summed E-state index contributed by atoms with van der Waals surface area (Å²) >= 11 is 0. The molecule has 1 heterocycles.